The van der Waals surface area contributed by atoms with Gasteiger partial charge in [0.15, 0.2) is 0 Å². The molecule has 0 spiro atoms. The SMILES string of the molecule is Cc1ccc(C)c(NC(=O)[C@H]2CCCN(S(=O)(=O)N(C)C)C2)c1. The van der Waals surface area contributed by atoms with Crippen molar-refractivity contribution in [2.45, 2.75) is 26.7 Å². The molecule has 0 unspecified atom stereocenters. The fourth-order valence-electron chi connectivity index (χ4n) is 2.70. The minimum absolute atomic E-state index is 0.114. The van der Waals surface area contributed by atoms with Crippen LogP contribution in [0.3, 0.4) is 0 Å². The van der Waals surface area contributed by atoms with E-state index in [0.29, 0.717) is 19.4 Å². The summed E-state index contributed by atoms with van der Waals surface area (Å²) in [4.78, 5) is 12.5. The van der Waals surface area contributed by atoms with Crippen LogP contribution in [0.2, 0.25) is 0 Å². The number of carbonyl (C=O) groups is 1. The summed E-state index contributed by atoms with van der Waals surface area (Å²) in [6.07, 6.45) is 1.40. The Morgan fingerprint density at radius 2 is 2.00 bits per heavy atom. The Morgan fingerprint density at radius 3 is 2.65 bits per heavy atom. The highest BCUT2D eigenvalue weighted by Gasteiger charge is 2.33. The largest absolute Gasteiger partial charge is 0.326 e. The van der Waals surface area contributed by atoms with E-state index in [-0.39, 0.29) is 18.4 Å². The molecular formula is C16H25N3O3S. The quantitative estimate of drug-likeness (QED) is 0.909. The predicted molar refractivity (Wildman–Crippen MR) is 91.4 cm³/mol. The van der Waals surface area contributed by atoms with Crippen molar-refractivity contribution < 1.29 is 13.2 Å². The molecule has 1 aliphatic heterocycles. The zero-order valence-electron chi connectivity index (χ0n) is 14.2. The second-order valence-corrected chi connectivity index (χ2v) is 8.44. The molecule has 1 aromatic rings. The van der Waals surface area contributed by atoms with Gasteiger partial charge in [0.1, 0.15) is 0 Å². The predicted octanol–water partition coefficient (Wildman–Crippen LogP) is 1.76. The van der Waals surface area contributed by atoms with Gasteiger partial charge in [0.25, 0.3) is 10.2 Å². The highest BCUT2D eigenvalue weighted by atomic mass is 32.2. The van der Waals surface area contributed by atoms with Gasteiger partial charge in [-0.15, -0.1) is 0 Å². The van der Waals surface area contributed by atoms with Crippen LogP contribution in [0.5, 0.6) is 0 Å². The molecule has 1 amide bonds. The number of benzene rings is 1. The van der Waals surface area contributed by atoms with Gasteiger partial charge in [0.2, 0.25) is 5.91 Å². The molecule has 0 aliphatic carbocycles. The van der Waals surface area contributed by atoms with Crippen molar-refractivity contribution in [3.05, 3.63) is 29.3 Å². The molecule has 1 aliphatic rings. The average molecular weight is 339 g/mol. The maximum Gasteiger partial charge on any atom is 0.281 e. The van der Waals surface area contributed by atoms with Crippen molar-refractivity contribution >= 4 is 21.8 Å². The van der Waals surface area contributed by atoms with Gasteiger partial charge < -0.3 is 5.32 Å². The van der Waals surface area contributed by atoms with E-state index in [0.717, 1.165) is 16.8 Å². The Labute approximate surface area is 138 Å². The van der Waals surface area contributed by atoms with E-state index in [9.17, 15) is 13.2 Å². The molecule has 0 radical (unpaired) electrons. The van der Waals surface area contributed by atoms with Crippen LogP contribution in [0.25, 0.3) is 0 Å². The third kappa shape index (κ3) is 4.10. The normalized spacial score (nSPS) is 19.8. The first kappa shape index (κ1) is 17.9. The molecular weight excluding hydrogens is 314 g/mol. The smallest absolute Gasteiger partial charge is 0.281 e. The maximum atomic E-state index is 12.5. The van der Waals surface area contributed by atoms with E-state index in [1.807, 2.05) is 32.0 Å². The van der Waals surface area contributed by atoms with E-state index in [1.54, 1.807) is 0 Å². The molecule has 0 saturated carbocycles. The number of rotatable bonds is 4. The van der Waals surface area contributed by atoms with Crippen LogP contribution >= 0.6 is 0 Å². The Morgan fingerprint density at radius 1 is 1.30 bits per heavy atom. The Balaban J connectivity index is 2.09. The van der Waals surface area contributed by atoms with E-state index in [4.69, 9.17) is 0 Å². The first-order valence-electron chi connectivity index (χ1n) is 7.77. The number of piperidine rings is 1. The zero-order chi connectivity index (χ0) is 17.2. The van der Waals surface area contributed by atoms with Crippen molar-refractivity contribution in [3.63, 3.8) is 0 Å². The van der Waals surface area contributed by atoms with Gasteiger partial charge in [-0.05, 0) is 43.9 Å². The average Bonchev–Trinajstić information content (AvgIpc) is 2.50. The molecule has 1 aromatic carbocycles. The first-order chi connectivity index (χ1) is 10.7. The molecule has 2 rings (SSSR count). The van der Waals surface area contributed by atoms with Crippen LogP contribution in [0.15, 0.2) is 18.2 Å². The molecule has 128 valence electrons. The summed E-state index contributed by atoms with van der Waals surface area (Å²) in [6, 6.07) is 5.90. The summed E-state index contributed by atoms with van der Waals surface area (Å²) in [5.41, 5.74) is 2.87. The maximum absolute atomic E-state index is 12.5. The van der Waals surface area contributed by atoms with E-state index in [2.05, 4.69) is 5.32 Å². The van der Waals surface area contributed by atoms with Gasteiger partial charge in [-0.2, -0.15) is 17.0 Å². The number of hydrogen-bond donors (Lipinski definition) is 1. The summed E-state index contributed by atoms with van der Waals surface area (Å²) < 4.78 is 27.0. The van der Waals surface area contributed by atoms with Crippen molar-refractivity contribution in [2.24, 2.45) is 5.92 Å². The standard InChI is InChI=1S/C16H25N3O3S/c1-12-7-8-13(2)15(10-12)17-16(20)14-6-5-9-19(11-14)23(21,22)18(3)4/h7-8,10,14H,5-6,9,11H2,1-4H3,(H,17,20)/t14-/m0/s1. The van der Waals surface area contributed by atoms with Gasteiger partial charge in [0, 0.05) is 32.9 Å². The van der Waals surface area contributed by atoms with Crippen LogP contribution in [-0.4, -0.2) is 50.1 Å². The molecule has 1 saturated heterocycles. The lowest BCUT2D eigenvalue weighted by Gasteiger charge is -2.32. The number of amides is 1. The van der Waals surface area contributed by atoms with Gasteiger partial charge >= 0.3 is 0 Å². The van der Waals surface area contributed by atoms with Crippen LogP contribution in [0.1, 0.15) is 24.0 Å². The van der Waals surface area contributed by atoms with Gasteiger partial charge in [-0.1, -0.05) is 12.1 Å². The summed E-state index contributed by atoms with van der Waals surface area (Å²) >= 11 is 0. The monoisotopic (exact) mass is 339 g/mol. The molecule has 0 aromatic heterocycles. The van der Waals surface area contributed by atoms with E-state index < -0.39 is 10.2 Å². The second-order valence-electron chi connectivity index (χ2n) is 6.29. The fourth-order valence-corrected chi connectivity index (χ4v) is 3.89. The van der Waals surface area contributed by atoms with E-state index >= 15 is 0 Å². The van der Waals surface area contributed by atoms with Gasteiger partial charge in [-0.3, -0.25) is 4.79 Å². The lowest BCUT2D eigenvalue weighted by molar-refractivity contribution is -0.120. The second kappa shape index (κ2) is 6.98. The molecule has 0 bridgehead atoms. The highest BCUT2D eigenvalue weighted by Crippen LogP contribution is 2.23. The minimum Gasteiger partial charge on any atom is -0.326 e. The van der Waals surface area contributed by atoms with Crippen LogP contribution < -0.4 is 5.32 Å². The third-order valence-corrected chi connectivity index (χ3v) is 6.10. The first-order valence-corrected chi connectivity index (χ1v) is 9.17. The summed E-state index contributed by atoms with van der Waals surface area (Å²) in [6.45, 7) is 4.62. The van der Waals surface area contributed by atoms with Crippen molar-refractivity contribution in [1.82, 2.24) is 8.61 Å². The van der Waals surface area contributed by atoms with Gasteiger partial charge in [-0.25, -0.2) is 0 Å². The lowest BCUT2D eigenvalue weighted by Crippen LogP contribution is -2.47. The molecule has 23 heavy (non-hydrogen) atoms. The Bertz CT molecular complexity index is 686. The number of carbonyl (C=O) groups excluding carboxylic acids is 1. The molecule has 1 heterocycles. The molecule has 7 heteroatoms. The number of aryl methyl sites for hydroxylation is 2. The number of nitrogens with one attached hydrogen (secondary N) is 1. The highest BCUT2D eigenvalue weighted by molar-refractivity contribution is 7.86. The zero-order valence-corrected chi connectivity index (χ0v) is 15.0. The summed E-state index contributed by atoms with van der Waals surface area (Å²) in [5, 5.41) is 2.95. The molecule has 1 fully saturated rings. The molecule has 1 N–H and O–H groups in total. The lowest BCUT2D eigenvalue weighted by atomic mass is 9.98. The van der Waals surface area contributed by atoms with Crippen molar-refractivity contribution in [1.29, 1.82) is 0 Å². The Kier molecular flexibility index (Phi) is 5.44. The molecule has 6 nitrogen and oxygen atoms in total. The Hall–Kier alpha value is -1.44. The minimum atomic E-state index is -3.47. The summed E-state index contributed by atoms with van der Waals surface area (Å²) in [5.74, 6) is -0.434. The third-order valence-electron chi connectivity index (χ3n) is 4.19. The van der Waals surface area contributed by atoms with Crippen LogP contribution in [0.4, 0.5) is 5.69 Å². The van der Waals surface area contributed by atoms with Crippen molar-refractivity contribution in [3.8, 4) is 0 Å². The number of hydrogen-bond acceptors (Lipinski definition) is 3. The molecule has 1 atom stereocenters. The fraction of sp³-hybridized carbons (Fsp3) is 0.562. The summed E-state index contributed by atoms with van der Waals surface area (Å²) in [7, 11) is -0.449. The van der Waals surface area contributed by atoms with Gasteiger partial charge in [0.05, 0.1) is 5.92 Å². The van der Waals surface area contributed by atoms with Crippen LogP contribution in [0, 0.1) is 19.8 Å². The number of nitrogens with zero attached hydrogens (tertiary/aromatic N) is 2. The van der Waals surface area contributed by atoms with Crippen LogP contribution in [-0.2, 0) is 15.0 Å². The topological polar surface area (TPSA) is 69.7 Å². The van der Waals surface area contributed by atoms with Crippen molar-refractivity contribution in [2.75, 3.05) is 32.5 Å². The number of anilines is 1. The van der Waals surface area contributed by atoms with E-state index in [1.165, 1.54) is 22.7 Å².